The zero-order valence-electron chi connectivity index (χ0n) is 8.66. The Hall–Kier alpha value is -1.75. The van der Waals surface area contributed by atoms with Gasteiger partial charge in [-0.2, -0.15) is 5.26 Å². The van der Waals surface area contributed by atoms with Gasteiger partial charge in [-0.3, -0.25) is 10.1 Å². The monoisotopic (exact) mass is 257 g/mol. The molecule has 7 nitrogen and oxygen atoms in total. The highest BCUT2D eigenvalue weighted by atomic mass is 35.5. The van der Waals surface area contributed by atoms with Crippen molar-refractivity contribution in [3.8, 4) is 6.07 Å². The zero-order chi connectivity index (χ0) is 13.2. The Morgan fingerprint density at radius 3 is 2.71 bits per heavy atom. The van der Waals surface area contributed by atoms with Gasteiger partial charge in [-0.1, -0.05) is 11.6 Å². The zero-order valence-corrected chi connectivity index (χ0v) is 9.42. The second kappa shape index (κ2) is 5.05. The van der Waals surface area contributed by atoms with Crippen molar-refractivity contribution in [3.63, 3.8) is 0 Å². The fraction of sp³-hybridized carbons (Fsp3) is 0.333. The van der Waals surface area contributed by atoms with Crippen LogP contribution in [0.15, 0.2) is 6.20 Å². The third-order valence-corrected chi connectivity index (χ3v) is 2.51. The maximum atomic E-state index is 10.7. The van der Waals surface area contributed by atoms with Crippen LogP contribution in [0.1, 0.15) is 17.2 Å². The van der Waals surface area contributed by atoms with Gasteiger partial charge in [0.1, 0.15) is 6.10 Å². The van der Waals surface area contributed by atoms with Crippen LogP contribution in [0.2, 0.25) is 5.15 Å². The van der Waals surface area contributed by atoms with Gasteiger partial charge in [0.15, 0.2) is 6.10 Å². The molecule has 0 aliphatic carbocycles. The van der Waals surface area contributed by atoms with Gasteiger partial charge in [0.25, 0.3) is 0 Å². The van der Waals surface area contributed by atoms with Crippen molar-refractivity contribution in [2.75, 3.05) is 0 Å². The van der Waals surface area contributed by atoms with E-state index in [-0.39, 0.29) is 16.3 Å². The lowest BCUT2D eigenvalue weighted by atomic mass is 10.0. The molecule has 0 bridgehead atoms. The first-order valence-electron chi connectivity index (χ1n) is 4.45. The first kappa shape index (κ1) is 13.3. The lowest BCUT2D eigenvalue weighted by molar-refractivity contribution is -0.385. The van der Waals surface area contributed by atoms with E-state index in [0.29, 0.717) is 0 Å². The predicted molar refractivity (Wildman–Crippen MR) is 57.2 cm³/mol. The molecule has 2 unspecified atom stereocenters. The van der Waals surface area contributed by atoms with E-state index in [1.807, 2.05) is 0 Å². The molecule has 8 heteroatoms. The van der Waals surface area contributed by atoms with Crippen LogP contribution in [-0.4, -0.2) is 26.2 Å². The molecule has 0 radical (unpaired) electrons. The summed E-state index contributed by atoms with van der Waals surface area (Å²) in [5.74, 6) is 0. The summed E-state index contributed by atoms with van der Waals surface area (Å²) in [5, 5.41) is 37.6. The van der Waals surface area contributed by atoms with Crippen LogP contribution in [0.4, 0.5) is 5.69 Å². The van der Waals surface area contributed by atoms with Crippen LogP contribution in [0.25, 0.3) is 0 Å². The van der Waals surface area contributed by atoms with Crippen molar-refractivity contribution in [3.05, 3.63) is 32.6 Å². The van der Waals surface area contributed by atoms with Crippen molar-refractivity contribution in [1.82, 2.24) is 4.98 Å². The van der Waals surface area contributed by atoms with Gasteiger partial charge in [-0.15, -0.1) is 0 Å². The SMILES string of the molecule is Cc1c(C(O)C(O)C#N)cnc(Cl)c1[N+](=O)[O-]. The molecule has 0 aliphatic heterocycles. The molecule has 17 heavy (non-hydrogen) atoms. The third kappa shape index (κ3) is 2.50. The number of rotatable bonds is 3. The quantitative estimate of drug-likeness (QED) is 0.359. The van der Waals surface area contributed by atoms with Gasteiger partial charge in [0, 0.05) is 17.3 Å². The number of aliphatic hydroxyl groups excluding tert-OH is 2. The molecule has 1 rings (SSSR count). The van der Waals surface area contributed by atoms with E-state index < -0.39 is 22.8 Å². The molecule has 0 aliphatic rings. The number of pyridine rings is 1. The van der Waals surface area contributed by atoms with Gasteiger partial charge in [-0.25, -0.2) is 4.98 Å². The van der Waals surface area contributed by atoms with Gasteiger partial charge in [0.05, 0.1) is 11.0 Å². The van der Waals surface area contributed by atoms with Crippen LogP contribution in [0.5, 0.6) is 0 Å². The summed E-state index contributed by atoms with van der Waals surface area (Å²) < 4.78 is 0. The summed E-state index contributed by atoms with van der Waals surface area (Å²) in [7, 11) is 0. The molecule has 1 aromatic heterocycles. The standard InChI is InChI=1S/C9H8ClN3O4/c1-4-5(8(15)6(14)2-11)3-12-9(10)7(4)13(16)17/h3,6,8,14-15H,1H3. The molecule has 0 spiro atoms. The molecular formula is C9H8ClN3O4. The number of nitro groups is 1. The van der Waals surface area contributed by atoms with Gasteiger partial charge < -0.3 is 10.2 Å². The molecular weight excluding hydrogens is 250 g/mol. The molecule has 0 amide bonds. The molecule has 1 aromatic rings. The summed E-state index contributed by atoms with van der Waals surface area (Å²) in [6.45, 7) is 1.36. The average Bonchev–Trinajstić information content (AvgIpc) is 2.27. The lowest BCUT2D eigenvalue weighted by Gasteiger charge is -2.14. The smallest absolute Gasteiger partial charge is 0.309 e. The normalized spacial score (nSPS) is 13.8. The molecule has 0 saturated heterocycles. The summed E-state index contributed by atoms with van der Waals surface area (Å²) in [6, 6.07) is 1.43. The number of nitriles is 1. The molecule has 0 aromatic carbocycles. The van der Waals surface area contributed by atoms with Gasteiger partial charge >= 0.3 is 5.69 Å². The first-order valence-corrected chi connectivity index (χ1v) is 4.83. The highest BCUT2D eigenvalue weighted by Gasteiger charge is 2.27. The predicted octanol–water partition coefficient (Wildman–Crippen LogP) is 0.869. The van der Waals surface area contributed by atoms with E-state index in [4.69, 9.17) is 22.0 Å². The summed E-state index contributed by atoms with van der Waals surface area (Å²) in [4.78, 5) is 13.5. The van der Waals surface area contributed by atoms with Crippen molar-refractivity contribution in [2.24, 2.45) is 0 Å². The van der Waals surface area contributed by atoms with E-state index in [0.717, 1.165) is 6.20 Å². The van der Waals surface area contributed by atoms with Crippen LogP contribution >= 0.6 is 11.6 Å². The van der Waals surface area contributed by atoms with Crippen molar-refractivity contribution < 1.29 is 15.1 Å². The Bertz CT molecular complexity index is 500. The minimum atomic E-state index is -1.68. The second-order valence-corrected chi connectivity index (χ2v) is 3.61. The molecule has 1 heterocycles. The highest BCUT2D eigenvalue weighted by Crippen LogP contribution is 2.31. The molecule has 2 atom stereocenters. The van der Waals surface area contributed by atoms with E-state index >= 15 is 0 Å². The number of hydrogen-bond donors (Lipinski definition) is 2. The number of aliphatic hydroxyl groups is 2. The summed E-state index contributed by atoms with van der Waals surface area (Å²) in [6.07, 6.45) is -2.16. The minimum absolute atomic E-state index is 0.00449. The number of hydrogen-bond acceptors (Lipinski definition) is 6. The minimum Gasteiger partial charge on any atom is -0.384 e. The highest BCUT2D eigenvalue weighted by molar-refractivity contribution is 6.31. The number of halogens is 1. The van der Waals surface area contributed by atoms with E-state index in [1.165, 1.54) is 13.0 Å². The van der Waals surface area contributed by atoms with Crippen molar-refractivity contribution >= 4 is 17.3 Å². The van der Waals surface area contributed by atoms with Gasteiger partial charge in [-0.05, 0) is 6.92 Å². The first-order chi connectivity index (χ1) is 7.90. The Morgan fingerprint density at radius 2 is 2.24 bits per heavy atom. The van der Waals surface area contributed by atoms with Crippen molar-refractivity contribution in [2.45, 2.75) is 19.1 Å². The van der Waals surface area contributed by atoms with Crippen LogP contribution < -0.4 is 0 Å². The Kier molecular flexibility index (Phi) is 3.96. The molecule has 2 N–H and O–H groups in total. The number of nitrogens with zero attached hydrogens (tertiary/aromatic N) is 3. The molecule has 90 valence electrons. The fourth-order valence-corrected chi connectivity index (χ4v) is 1.59. The van der Waals surface area contributed by atoms with Crippen molar-refractivity contribution in [1.29, 1.82) is 5.26 Å². The second-order valence-electron chi connectivity index (χ2n) is 3.25. The van der Waals surface area contributed by atoms with Crippen LogP contribution in [0, 0.1) is 28.4 Å². The van der Waals surface area contributed by atoms with Crippen LogP contribution in [0.3, 0.4) is 0 Å². The van der Waals surface area contributed by atoms with E-state index in [9.17, 15) is 15.2 Å². The van der Waals surface area contributed by atoms with Crippen LogP contribution in [-0.2, 0) is 0 Å². The fourth-order valence-electron chi connectivity index (χ4n) is 1.33. The summed E-state index contributed by atoms with van der Waals surface area (Å²) >= 11 is 5.55. The Morgan fingerprint density at radius 1 is 1.65 bits per heavy atom. The largest absolute Gasteiger partial charge is 0.384 e. The summed E-state index contributed by atoms with van der Waals surface area (Å²) in [5.41, 5.74) is -0.389. The molecule has 0 saturated carbocycles. The maximum absolute atomic E-state index is 10.7. The lowest BCUT2D eigenvalue weighted by Crippen LogP contribution is -2.17. The van der Waals surface area contributed by atoms with Gasteiger partial charge in [0.2, 0.25) is 5.15 Å². The van der Waals surface area contributed by atoms with E-state index in [2.05, 4.69) is 4.98 Å². The molecule has 0 fully saturated rings. The third-order valence-electron chi connectivity index (χ3n) is 2.23. The maximum Gasteiger partial charge on any atom is 0.309 e. The topological polar surface area (TPSA) is 120 Å². The average molecular weight is 258 g/mol. The Balaban J connectivity index is 3.34. The number of aromatic nitrogens is 1. The van der Waals surface area contributed by atoms with E-state index in [1.54, 1.807) is 0 Å². The Labute approximate surface area is 101 Å².